The van der Waals surface area contributed by atoms with Gasteiger partial charge in [-0.15, -0.1) is 0 Å². The largest absolute Gasteiger partial charge is 0.416 e. The number of rotatable bonds is 5. The van der Waals surface area contributed by atoms with Gasteiger partial charge in [-0.3, -0.25) is 4.79 Å². The lowest BCUT2D eigenvalue weighted by Gasteiger charge is -2.07. The van der Waals surface area contributed by atoms with Crippen LogP contribution in [0.25, 0.3) is 0 Å². The highest BCUT2D eigenvalue weighted by Crippen LogP contribution is 2.38. The van der Waals surface area contributed by atoms with Crippen molar-refractivity contribution in [3.63, 3.8) is 0 Å². The van der Waals surface area contributed by atoms with Crippen LogP contribution < -0.4 is 5.32 Å². The molecule has 0 aliphatic heterocycles. The molecule has 0 spiro atoms. The molecule has 23 heavy (non-hydrogen) atoms. The van der Waals surface area contributed by atoms with Crippen molar-refractivity contribution in [1.82, 2.24) is 15.5 Å². The fourth-order valence-corrected chi connectivity index (χ4v) is 2.07. The van der Waals surface area contributed by atoms with Crippen LogP contribution in [0.2, 0.25) is 0 Å². The summed E-state index contributed by atoms with van der Waals surface area (Å²) in [6, 6.07) is 4.07. The van der Waals surface area contributed by atoms with Gasteiger partial charge in [0.1, 0.15) is 0 Å². The zero-order chi connectivity index (χ0) is 16.4. The van der Waals surface area contributed by atoms with Gasteiger partial charge in [-0.25, -0.2) is 0 Å². The van der Waals surface area contributed by atoms with E-state index in [2.05, 4.69) is 15.5 Å². The van der Waals surface area contributed by atoms with E-state index in [-0.39, 0.29) is 12.1 Å². The molecule has 0 atom stereocenters. The summed E-state index contributed by atoms with van der Waals surface area (Å²) < 4.78 is 42.4. The van der Waals surface area contributed by atoms with E-state index in [1.807, 2.05) is 0 Å². The normalized spacial score (nSPS) is 14.7. The van der Waals surface area contributed by atoms with Gasteiger partial charge < -0.3 is 9.84 Å². The topological polar surface area (TPSA) is 68.0 Å². The van der Waals surface area contributed by atoms with Crippen LogP contribution in [0, 0.1) is 0 Å². The number of alkyl halides is 3. The molecule has 1 aromatic carbocycles. The van der Waals surface area contributed by atoms with Crippen molar-refractivity contribution in [2.75, 3.05) is 6.54 Å². The van der Waals surface area contributed by atoms with Crippen LogP contribution in [0.3, 0.4) is 0 Å². The Bertz CT molecular complexity index is 691. The molecule has 8 heteroatoms. The quantitative estimate of drug-likeness (QED) is 0.918. The Balaban J connectivity index is 1.50. The minimum Gasteiger partial charge on any atom is -0.352 e. The maximum absolute atomic E-state index is 12.5. The van der Waals surface area contributed by atoms with Gasteiger partial charge in [-0.2, -0.15) is 18.2 Å². The molecule has 0 saturated heterocycles. The van der Waals surface area contributed by atoms with E-state index in [1.165, 1.54) is 0 Å². The van der Waals surface area contributed by atoms with E-state index in [9.17, 15) is 18.0 Å². The fourth-order valence-electron chi connectivity index (χ4n) is 2.07. The van der Waals surface area contributed by atoms with Crippen LogP contribution in [0.5, 0.6) is 0 Å². The fraction of sp³-hybridized carbons (Fsp3) is 0.400. The van der Waals surface area contributed by atoms with Crippen LogP contribution in [0.1, 0.15) is 46.4 Å². The molecule has 1 aliphatic carbocycles. The van der Waals surface area contributed by atoms with Crippen molar-refractivity contribution >= 4 is 5.91 Å². The number of halogens is 3. The maximum atomic E-state index is 12.5. The summed E-state index contributed by atoms with van der Waals surface area (Å²) in [6.45, 7) is 0.281. The molecular formula is C15H14F3N3O2. The molecule has 0 radical (unpaired) electrons. The van der Waals surface area contributed by atoms with Gasteiger partial charge in [0, 0.05) is 24.4 Å². The summed E-state index contributed by atoms with van der Waals surface area (Å²) >= 11 is 0. The van der Waals surface area contributed by atoms with Gasteiger partial charge in [0.25, 0.3) is 5.91 Å². The second-order valence-corrected chi connectivity index (χ2v) is 5.40. The van der Waals surface area contributed by atoms with Gasteiger partial charge in [0.2, 0.25) is 5.89 Å². The molecule has 5 nitrogen and oxygen atoms in total. The zero-order valence-corrected chi connectivity index (χ0v) is 12.1. The van der Waals surface area contributed by atoms with E-state index in [1.54, 1.807) is 0 Å². The van der Waals surface area contributed by atoms with E-state index < -0.39 is 17.6 Å². The Kier molecular flexibility index (Phi) is 4.06. The molecule has 1 amide bonds. The maximum Gasteiger partial charge on any atom is 0.416 e. The lowest BCUT2D eigenvalue weighted by atomic mass is 10.1. The van der Waals surface area contributed by atoms with Gasteiger partial charge >= 0.3 is 6.18 Å². The molecular weight excluding hydrogens is 311 g/mol. The van der Waals surface area contributed by atoms with Crippen molar-refractivity contribution < 1.29 is 22.5 Å². The summed E-state index contributed by atoms with van der Waals surface area (Å²) in [7, 11) is 0. The summed E-state index contributed by atoms with van der Waals surface area (Å²) in [5, 5.41) is 6.44. The van der Waals surface area contributed by atoms with Crippen molar-refractivity contribution in [2.45, 2.75) is 31.4 Å². The Labute approximate surface area is 129 Å². The van der Waals surface area contributed by atoms with E-state index in [0.29, 0.717) is 24.1 Å². The summed E-state index contributed by atoms with van der Waals surface area (Å²) in [4.78, 5) is 16.1. The van der Waals surface area contributed by atoms with Gasteiger partial charge in [0.05, 0.1) is 5.56 Å². The third-order valence-corrected chi connectivity index (χ3v) is 3.52. The average molecular weight is 325 g/mol. The van der Waals surface area contributed by atoms with Crippen molar-refractivity contribution in [2.24, 2.45) is 0 Å². The first-order chi connectivity index (χ1) is 10.9. The minimum absolute atomic E-state index is 0.171. The lowest BCUT2D eigenvalue weighted by Crippen LogP contribution is -2.26. The third-order valence-electron chi connectivity index (χ3n) is 3.52. The first kappa shape index (κ1) is 15.5. The predicted molar refractivity (Wildman–Crippen MR) is 73.8 cm³/mol. The Morgan fingerprint density at radius 2 is 1.96 bits per heavy atom. The van der Waals surface area contributed by atoms with Crippen LogP contribution in [0.15, 0.2) is 28.8 Å². The van der Waals surface area contributed by atoms with Crippen LogP contribution >= 0.6 is 0 Å². The number of nitrogens with zero attached hydrogens (tertiary/aromatic N) is 2. The van der Waals surface area contributed by atoms with Crippen LogP contribution in [-0.2, 0) is 12.6 Å². The summed E-state index contributed by atoms with van der Waals surface area (Å²) in [6.07, 6.45) is -1.88. The Hall–Kier alpha value is -2.38. The van der Waals surface area contributed by atoms with Crippen molar-refractivity contribution in [1.29, 1.82) is 0 Å². The lowest BCUT2D eigenvalue weighted by molar-refractivity contribution is -0.137. The van der Waals surface area contributed by atoms with Crippen molar-refractivity contribution in [3.8, 4) is 0 Å². The molecule has 0 unspecified atom stereocenters. The third kappa shape index (κ3) is 3.88. The Morgan fingerprint density at radius 1 is 1.26 bits per heavy atom. The molecule has 0 bridgehead atoms. The second kappa shape index (κ2) is 6.02. The molecule has 1 N–H and O–H groups in total. The molecule has 1 aliphatic rings. The zero-order valence-electron chi connectivity index (χ0n) is 12.1. The SMILES string of the molecule is O=C(NCCc1noc(C2CC2)n1)c1ccc(C(F)(F)F)cc1. The van der Waals surface area contributed by atoms with Gasteiger partial charge in [-0.05, 0) is 37.1 Å². The summed E-state index contributed by atoms with van der Waals surface area (Å²) in [5.41, 5.74) is -0.613. The minimum atomic E-state index is -4.41. The number of benzene rings is 1. The number of carbonyl (C=O) groups is 1. The number of nitrogens with one attached hydrogen (secondary N) is 1. The van der Waals surface area contributed by atoms with Crippen molar-refractivity contribution in [3.05, 3.63) is 47.1 Å². The second-order valence-electron chi connectivity index (χ2n) is 5.40. The molecule has 1 aromatic heterocycles. The molecule has 2 aromatic rings. The highest BCUT2D eigenvalue weighted by molar-refractivity contribution is 5.94. The monoisotopic (exact) mass is 325 g/mol. The van der Waals surface area contributed by atoms with E-state index in [0.717, 1.165) is 37.1 Å². The number of carbonyl (C=O) groups excluding carboxylic acids is 1. The number of aromatic nitrogens is 2. The van der Waals surface area contributed by atoms with Gasteiger partial charge in [0.15, 0.2) is 5.82 Å². The number of hydrogen-bond donors (Lipinski definition) is 1. The Morgan fingerprint density at radius 3 is 2.57 bits per heavy atom. The molecule has 1 saturated carbocycles. The number of hydrogen-bond acceptors (Lipinski definition) is 4. The van der Waals surface area contributed by atoms with E-state index >= 15 is 0 Å². The predicted octanol–water partition coefficient (Wildman–Crippen LogP) is 2.94. The van der Waals surface area contributed by atoms with E-state index in [4.69, 9.17) is 4.52 Å². The highest BCUT2D eigenvalue weighted by atomic mass is 19.4. The molecule has 1 fully saturated rings. The standard InChI is InChI=1S/C15H14F3N3O2/c16-15(17,18)11-5-3-9(4-6-11)13(22)19-8-7-12-20-14(23-21-12)10-1-2-10/h3-6,10H,1-2,7-8H2,(H,19,22). The summed E-state index contributed by atoms with van der Waals surface area (Å²) in [5.74, 6) is 1.08. The molecule has 122 valence electrons. The first-order valence-electron chi connectivity index (χ1n) is 7.21. The smallest absolute Gasteiger partial charge is 0.352 e. The van der Waals surface area contributed by atoms with Crippen LogP contribution in [-0.4, -0.2) is 22.6 Å². The van der Waals surface area contributed by atoms with Crippen LogP contribution in [0.4, 0.5) is 13.2 Å². The molecule has 3 rings (SSSR count). The highest BCUT2D eigenvalue weighted by Gasteiger charge is 2.30. The average Bonchev–Trinajstić information content (AvgIpc) is 3.26. The number of amides is 1. The first-order valence-corrected chi connectivity index (χ1v) is 7.21. The molecule has 1 heterocycles. The van der Waals surface area contributed by atoms with Gasteiger partial charge in [-0.1, -0.05) is 5.16 Å².